The van der Waals surface area contributed by atoms with Crippen LogP contribution in [0.15, 0.2) is 30.5 Å². The van der Waals surface area contributed by atoms with Gasteiger partial charge in [0.15, 0.2) is 0 Å². The van der Waals surface area contributed by atoms with Crippen LogP contribution in [0.3, 0.4) is 0 Å². The molecular formula is C14H14N4. The zero-order valence-electron chi connectivity index (χ0n) is 10.2. The van der Waals surface area contributed by atoms with Crippen LogP contribution in [0.1, 0.15) is 22.5 Å². The topological polar surface area (TPSA) is 75.6 Å². The molecule has 0 bridgehead atoms. The molecule has 0 saturated heterocycles. The number of aromatic nitrogens is 2. The van der Waals surface area contributed by atoms with E-state index in [1.54, 1.807) is 0 Å². The molecule has 0 radical (unpaired) electrons. The van der Waals surface area contributed by atoms with Crippen LogP contribution >= 0.6 is 0 Å². The Hall–Kier alpha value is -2.41. The van der Waals surface area contributed by atoms with Crippen LogP contribution < -0.4 is 5.73 Å². The van der Waals surface area contributed by atoms with Gasteiger partial charge in [-0.05, 0) is 18.9 Å². The number of hydrogen-bond donors (Lipinski definition) is 1. The van der Waals surface area contributed by atoms with Gasteiger partial charge in [0.2, 0.25) is 0 Å². The molecule has 90 valence electrons. The molecule has 0 amide bonds. The van der Waals surface area contributed by atoms with E-state index in [0.29, 0.717) is 11.4 Å². The minimum Gasteiger partial charge on any atom is -0.382 e. The molecule has 0 unspecified atom stereocenters. The van der Waals surface area contributed by atoms with Crippen molar-refractivity contribution in [2.75, 3.05) is 5.73 Å². The van der Waals surface area contributed by atoms with Gasteiger partial charge in [0.25, 0.3) is 0 Å². The lowest BCUT2D eigenvalue weighted by atomic mass is 10.1. The maximum Gasteiger partial charge on any atom is 0.145 e. The number of nitrogens with two attached hydrogens (primary N) is 1. The Bertz CT molecular complexity index is 582. The monoisotopic (exact) mass is 238 g/mol. The van der Waals surface area contributed by atoms with E-state index in [1.807, 2.05) is 6.07 Å². The number of anilines is 1. The Morgan fingerprint density at radius 2 is 1.94 bits per heavy atom. The molecule has 0 aliphatic heterocycles. The quantitative estimate of drug-likeness (QED) is 0.887. The lowest BCUT2D eigenvalue weighted by Gasteiger charge is -2.03. The fraction of sp³-hybridized carbons (Fsp3) is 0.214. The predicted molar refractivity (Wildman–Crippen MR) is 69.7 cm³/mol. The van der Waals surface area contributed by atoms with Crippen molar-refractivity contribution in [3.63, 3.8) is 0 Å². The minimum atomic E-state index is 0.256. The smallest absolute Gasteiger partial charge is 0.145 e. The SMILES string of the molecule is Cc1ccc(CCc2ncc(C#N)c(N)n2)cc1. The van der Waals surface area contributed by atoms with E-state index in [2.05, 4.69) is 41.2 Å². The lowest BCUT2D eigenvalue weighted by Crippen LogP contribution is -2.03. The van der Waals surface area contributed by atoms with E-state index >= 15 is 0 Å². The van der Waals surface area contributed by atoms with Crippen LogP contribution in [0.5, 0.6) is 0 Å². The summed E-state index contributed by atoms with van der Waals surface area (Å²) in [7, 11) is 0. The summed E-state index contributed by atoms with van der Waals surface area (Å²) in [4.78, 5) is 8.25. The molecule has 4 nitrogen and oxygen atoms in total. The Kier molecular flexibility index (Phi) is 3.54. The number of nitrogen functional groups attached to an aromatic ring is 1. The summed E-state index contributed by atoms with van der Waals surface area (Å²) >= 11 is 0. The molecule has 2 aromatic rings. The lowest BCUT2D eigenvalue weighted by molar-refractivity contribution is 0.859. The fourth-order valence-electron chi connectivity index (χ4n) is 1.65. The molecule has 2 N–H and O–H groups in total. The Morgan fingerprint density at radius 1 is 1.22 bits per heavy atom. The highest BCUT2D eigenvalue weighted by Gasteiger charge is 2.03. The highest BCUT2D eigenvalue weighted by Crippen LogP contribution is 2.09. The summed E-state index contributed by atoms with van der Waals surface area (Å²) in [6, 6.07) is 10.3. The number of hydrogen-bond acceptors (Lipinski definition) is 4. The van der Waals surface area contributed by atoms with Gasteiger partial charge < -0.3 is 5.73 Å². The van der Waals surface area contributed by atoms with Gasteiger partial charge in [-0.2, -0.15) is 5.26 Å². The maximum absolute atomic E-state index is 8.73. The predicted octanol–water partition coefficient (Wildman–Crippen LogP) is 2.02. The molecule has 1 aromatic carbocycles. The largest absolute Gasteiger partial charge is 0.382 e. The Balaban J connectivity index is 2.04. The second-order valence-corrected chi connectivity index (χ2v) is 4.18. The molecule has 0 aliphatic carbocycles. The fourth-order valence-corrected chi connectivity index (χ4v) is 1.65. The number of rotatable bonds is 3. The van der Waals surface area contributed by atoms with Crippen molar-refractivity contribution in [3.8, 4) is 6.07 Å². The van der Waals surface area contributed by atoms with Gasteiger partial charge in [0.05, 0.1) is 6.20 Å². The van der Waals surface area contributed by atoms with Crippen molar-refractivity contribution >= 4 is 5.82 Å². The summed E-state index contributed by atoms with van der Waals surface area (Å²) in [6.45, 7) is 2.06. The highest BCUT2D eigenvalue weighted by molar-refractivity contribution is 5.46. The summed E-state index contributed by atoms with van der Waals surface area (Å²) in [5, 5.41) is 8.73. The summed E-state index contributed by atoms with van der Waals surface area (Å²) in [5.74, 6) is 0.929. The van der Waals surface area contributed by atoms with Crippen LogP contribution in [0.2, 0.25) is 0 Å². The third-order valence-electron chi connectivity index (χ3n) is 2.75. The molecule has 4 heteroatoms. The molecule has 18 heavy (non-hydrogen) atoms. The summed E-state index contributed by atoms with van der Waals surface area (Å²) in [5.41, 5.74) is 8.47. The van der Waals surface area contributed by atoms with Gasteiger partial charge >= 0.3 is 0 Å². The standard InChI is InChI=1S/C14H14N4/c1-10-2-4-11(5-3-10)6-7-13-17-9-12(8-15)14(16)18-13/h2-5,9H,6-7H2,1H3,(H2,16,17,18). The summed E-state index contributed by atoms with van der Waals surface area (Å²) < 4.78 is 0. The van der Waals surface area contributed by atoms with E-state index in [-0.39, 0.29) is 5.82 Å². The van der Waals surface area contributed by atoms with Crippen molar-refractivity contribution < 1.29 is 0 Å². The zero-order chi connectivity index (χ0) is 13.0. The number of aryl methyl sites for hydroxylation is 3. The number of benzene rings is 1. The summed E-state index contributed by atoms with van der Waals surface area (Å²) in [6.07, 6.45) is 3.07. The van der Waals surface area contributed by atoms with Gasteiger partial charge in [-0.25, -0.2) is 9.97 Å². The first-order valence-corrected chi connectivity index (χ1v) is 5.76. The van der Waals surface area contributed by atoms with E-state index in [1.165, 1.54) is 17.3 Å². The molecule has 1 heterocycles. The van der Waals surface area contributed by atoms with Gasteiger partial charge in [-0.1, -0.05) is 29.8 Å². The molecule has 0 saturated carbocycles. The second-order valence-electron chi connectivity index (χ2n) is 4.18. The van der Waals surface area contributed by atoms with Gasteiger partial charge in [-0.3, -0.25) is 0 Å². The van der Waals surface area contributed by atoms with Crippen LogP contribution in [0.25, 0.3) is 0 Å². The Morgan fingerprint density at radius 3 is 2.56 bits per heavy atom. The van der Waals surface area contributed by atoms with E-state index < -0.39 is 0 Å². The van der Waals surface area contributed by atoms with Gasteiger partial charge in [0.1, 0.15) is 23.3 Å². The van der Waals surface area contributed by atoms with Crippen LogP contribution in [-0.2, 0) is 12.8 Å². The normalized spacial score (nSPS) is 10.0. The number of nitriles is 1. The average Bonchev–Trinajstić information content (AvgIpc) is 2.38. The minimum absolute atomic E-state index is 0.256. The molecule has 0 fully saturated rings. The van der Waals surface area contributed by atoms with Crippen LogP contribution in [0, 0.1) is 18.3 Å². The van der Waals surface area contributed by atoms with Crippen molar-refractivity contribution in [1.29, 1.82) is 5.26 Å². The van der Waals surface area contributed by atoms with Crippen molar-refractivity contribution in [2.24, 2.45) is 0 Å². The van der Waals surface area contributed by atoms with Gasteiger partial charge in [0, 0.05) is 6.42 Å². The number of nitrogens with zero attached hydrogens (tertiary/aromatic N) is 3. The molecule has 0 spiro atoms. The third kappa shape index (κ3) is 2.83. The highest BCUT2D eigenvalue weighted by atomic mass is 14.9. The Labute approximate surface area is 106 Å². The molecule has 0 atom stereocenters. The van der Waals surface area contributed by atoms with Crippen molar-refractivity contribution in [2.45, 2.75) is 19.8 Å². The van der Waals surface area contributed by atoms with Crippen molar-refractivity contribution in [1.82, 2.24) is 9.97 Å². The first-order valence-electron chi connectivity index (χ1n) is 5.76. The van der Waals surface area contributed by atoms with E-state index in [4.69, 9.17) is 11.0 Å². The van der Waals surface area contributed by atoms with E-state index in [0.717, 1.165) is 12.8 Å². The average molecular weight is 238 g/mol. The molecule has 0 aliphatic rings. The van der Waals surface area contributed by atoms with Gasteiger partial charge in [-0.15, -0.1) is 0 Å². The first kappa shape index (κ1) is 12.1. The first-order chi connectivity index (χ1) is 8.69. The van der Waals surface area contributed by atoms with Crippen LogP contribution in [0.4, 0.5) is 5.82 Å². The molecule has 1 aromatic heterocycles. The second kappa shape index (κ2) is 5.28. The maximum atomic E-state index is 8.73. The third-order valence-corrected chi connectivity index (χ3v) is 2.75. The van der Waals surface area contributed by atoms with Crippen LogP contribution in [-0.4, -0.2) is 9.97 Å². The molecular weight excluding hydrogens is 224 g/mol. The molecule has 2 rings (SSSR count). The van der Waals surface area contributed by atoms with E-state index in [9.17, 15) is 0 Å². The van der Waals surface area contributed by atoms with Crippen molar-refractivity contribution in [3.05, 3.63) is 53.0 Å². The zero-order valence-corrected chi connectivity index (χ0v) is 10.2.